The number of ether oxygens (including phenoxy) is 1. The standard InChI is InChI=1S/C6H15NO/c1-4-5-7(2)6-8-3/h4-6H2,1-3H3. The molecule has 0 saturated heterocycles. The predicted molar refractivity (Wildman–Crippen MR) is 34.8 cm³/mol. The van der Waals surface area contributed by atoms with Crippen molar-refractivity contribution in [1.82, 2.24) is 4.90 Å². The van der Waals surface area contributed by atoms with Crippen LogP contribution in [0.1, 0.15) is 13.3 Å². The fourth-order valence-electron chi connectivity index (χ4n) is 0.667. The average molecular weight is 117 g/mol. The molecular weight excluding hydrogens is 102 g/mol. The van der Waals surface area contributed by atoms with Gasteiger partial charge < -0.3 is 4.74 Å². The molecule has 8 heavy (non-hydrogen) atoms. The fourth-order valence-corrected chi connectivity index (χ4v) is 0.667. The van der Waals surface area contributed by atoms with Crippen LogP contribution in [0.15, 0.2) is 0 Å². The molecule has 0 atom stereocenters. The smallest absolute Gasteiger partial charge is 0.0983 e. The Hall–Kier alpha value is -0.0800. The molecule has 0 aliphatic rings. The maximum Gasteiger partial charge on any atom is 0.0983 e. The normalized spacial score (nSPS) is 10.5. The SMILES string of the molecule is CCCN(C)COC. The molecule has 0 bridgehead atoms. The number of rotatable bonds is 4. The lowest BCUT2D eigenvalue weighted by Crippen LogP contribution is -2.21. The van der Waals surface area contributed by atoms with Gasteiger partial charge in [-0.05, 0) is 20.0 Å². The van der Waals surface area contributed by atoms with Gasteiger partial charge in [-0.3, -0.25) is 4.90 Å². The van der Waals surface area contributed by atoms with Crippen molar-refractivity contribution < 1.29 is 4.74 Å². The van der Waals surface area contributed by atoms with Gasteiger partial charge in [0.1, 0.15) is 0 Å². The van der Waals surface area contributed by atoms with E-state index in [1.807, 2.05) is 7.05 Å². The summed E-state index contributed by atoms with van der Waals surface area (Å²) >= 11 is 0. The van der Waals surface area contributed by atoms with E-state index in [4.69, 9.17) is 4.74 Å². The van der Waals surface area contributed by atoms with E-state index in [-0.39, 0.29) is 0 Å². The van der Waals surface area contributed by atoms with Gasteiger partial charge in [-0.25, -0.2) is 0 Å². The van der Waals surface area contributed by atoms with Crippen molar-refractivity contribution in [2.75, 3.05) is 27.4 Å². The van der Waals surface area contributed by atoms with Crippen LogP contribution in [0.2, 0.25) is 0 Å². The van der Waals surface area contributed by atoms with Crippen LogP contribution in [-0.2, 0) is 4.74 Å². The number of hydrogen-bond acceptors (Lipinski definition) is 2. The van der Waals surface area contributed by atoms with E-state index < -0.39 is 0 Å². The highest BCUT2D eigenvalue weighted by Crippen LogP contribution is 1.83. The van der Waals surface area contributed by atoms with Gasteiger partial charge in [-0.15, -0.1) is 0 Å². The zero-order valence-corrected chi connectivity index (χ0v) is 5.98. The van der Waals surface area contributed by atoms with E-state index in [0.29, 0.717) is 0 Å². The van der Waals surface area contributed by atoms with E-state index in [1.54, 1.807) is 7.11 Å². The number of nitrogens with zero attached hydrogens (tertiary/aromatic N) is 1. The summed E-state index contributed by atoms with van der Waals surface area (Å²) in [6, 6.07) is 0. The summed E-state index contributed by atoms with van der Waals surface area (Å²) in [4.78, 5) is 2.14. The lowest BCUT2D eigenvalue weighted by Gasteiger charge is -2.12. The Balaban J connectivity index is 2.92. The first-order chi connectivity index (χ1) is 3.81. The first-order valence-corrected chi connectivity index (χ1v) is 2.98. The minimum absolute atomic E-state index is 0.744. The molecule has 0 saturated carbocycles. The van der Waals surface area contributed by atoms with Gasteiger partial charge in [0.2, 0.25) is 0 Å². The summed E-state index contributed by atoms with van der Waals surface area (Å²) in [5, 5.41) is 0. The quantitative estimate of drug-likeness (QED) is 0.508. The van der Waals surface area contributed by atoms with Crippen LogP contribution in [-0.4, -0.2) is 32.3 Å². The van der Waals surface area contributed by atoms with E-state index in [1.165, 1.54) is 6.42 Å². The maximum absolute atomic E-state index is 4.88. The van der Waals surface area contributed by atoms with Crippen molar-refractivity contribution in [1.29, 1.82) is 0 Å². The van der Waals surface area contributed by atoms with Crippen LogP contribution < -0.4 is 0 Å². The van der Waals surface area contributed by atoms with Gasteiger partial charge in [0.15, 0.2) is 0 Å². The molecule has 0 amide bonds. The molecule has 0 fully saturated rings. The lowest BCUT2D eigenvalue weighted by molar-refractivity contribution is 0.0820. The molecule has 0 spiro atoms. The van der Waals surface area contributed by atoms with Gasteiger partial charge in [0, 0.05) is 7.11 Å². The molecule has 0 aromatic heterocycles. The van der Waals surface area contributed by atoms with Gasteiger partial charge in [-0.2, -0.15) is 0 Å². The molecule has 0 aromatic carbocycles. The van der Waals surface area contributed by atoms with Crippen LogP contribution in [0, 0.1) is 0 Å². The summed E-state index contributed by atoms with van der Waals surface area (Å²) in [6.07, 6.45) is 1.19. The van der Waals surface area contributed by atoms with Crippen molar-refractivity contribution in [3.63, 3.8) is 0 Å². The highest BCUT2D eigenvalue weighted by Gasteiger charge is 1.90. The van der Waals surface area contributed by atoms with Gasteiger partial charge in [0.05, 0.1) is 6.73 Å². The van der Waals surface area contributed by atoms with E-state index in [0.717, 1.165) is 13.3 Å². The maximum atomic E-state index is 4.88. The largest absolute Gasteiger partial charge is 0.369 e. The third-order valence-corrected chi connectivity index (χ3v) is 0.955. The molecule has 0 aromatic rings. The van der Waals surface area contributed by atoms with E-state index in [2.05, 4.69) is 11.8 Å². The predicted octanol–water partition coefficient (Wildman–Crippen LogP) is 0.932. The Kier molecular flexibility index (Phi) is 5.01. The summed E-state index contributed by atoms with van der Waals surface area (Å²) in [5.74, 6) is 0. The molecule has 0 unspecified atom stereocenters. The van der Waals surface area contributed by atoms with E-state index >= 15 is 0 Å². The van der Waals surface area contributed by atoms with Crippen molar-refractivity contribution in [3.05, 3.63) is 0 Å². The van der Waals surface area contributed by atoms with Crippen LogP contribution in [0.25, 0.3) is 0 Å². The molecule has 2 heteroatoms. The van der Waals surface area contributed by atoms with E-state index in [9.17, 15) is 0 Å². The molecule has 0 N–H and O–H groups in total. The zero-order chi connectivity index (χ0) is 6.41. The molecule has 0 aliphatic carbocycles. The minimum atomic E-state index is 0.744. The monoisotopic (exact) mass is 117 g/mol. The Bertz CT molecular complexity index is 41.8. The topological polar surface area (TPSA) is 12.5 Å². The van der Waals surface area contributed by atoms with Crippen LogP contribution in [0.3, 0.4) is 0 Å². The Morgan fingerprint density at radius 1 is 1.50 bits per heavy atom. The summed E-state index contributed by atoms with van der Waals surface area (Å²) < 4.78 is 4.88. The number of methoxy groups -OCH3 is 1. The Morgan fingerprint density at radius 2 is 2.12 bits per heavy atom. The lowest BCUT2D eigenvalue weighted by atomic mass is 10.5. The summed E-state index contributed by atoms with van der Waals surface area (Å²) in [7, 11) is 3.76. The van der Waals surface area contributed by atoms with Crippen LogP contribution in [0.4, 0.5) is 0 Å². The molecule has 0 heterocycles. The third-order valence-electron chi connectivity index (χ3n) is 0.955. The third kappa shape index (κ3) is 4.09. The number of hydrogen-bond donors (Lipinski definition) is 0. The molecule has 0 rings (SSSR count). The molecule has 2 nitrogen and oxygen atoms in total. The highest BCUT2D eigenvalue weighted by molar-refractivity contribution is 4.38. The van der Waals surface area contributed by atoms with Crippen molar-refractivity contribution in [3.8, 4) is 0 Å². The zero-order valence-electron chi connectivity index (χ0n) is 5.98. The fraction of sp³-hybridized carbons (Fsp3) is 1.00. The van der Waals surface area contributed by atoms with Crippen LogP contribution >= 0.6 is 0 Å². The molecule has 50 valence electrons. The second-order valence-electron chi connectivity index (χ2n) is 2.00. The first kappa shape index (κ1) is 7.92. The summed E-state index contributed by atoms with van der Waals surface area (Å²) in [5.41, 5.74) is 0. The van der Waals surface area contributed by atoms with Crippen molar-refractivity contribution in [2.24, 2.45) is 0 Å². The summed E-state index contributed by atoms with van der Waals surface area (Å²) in [6.45, 7) is 4.02. The Labute approximate surface area is 51.4 Å². The minimum Gasteiger partial charge on any atom is -0.369 e. The van der Waals surface area contributed by atoms with Gasteiger partial charge >= 0.3 is 0 Å². The van der Waals surface area contributed by atoms with Crippen LogP contribution in [0.5, 0.6) is 0 Å². The van der Waals surface area contributed by atoms with Crippen molar-refractivity contribution >= 4 is 0 Å². The first-order valence-electron chi connectivity index (χ1n) is 2.98. The van der Waals surface area contributed by atoms with Gasteiger partial charge in [-0.1, -0.05) is 6.92 Å². The molecular formula is C6H15NO. The Morgan fingerprint density at radius 3 is 2.50 bits per heavy atom. The second kappa shape index (κ2) is 5.06. The molecule has 0 aliphatic heterocycles. The van der Waals surface area contributed by atoms with Crippen molar-refractivity contribution in [2.45, 2.75) is 13.3 Å². The average Bonchev–Trinajstić information content (AvgIpc) is 1.68. The van der Waals surface area contributed by atoms with Gasteiger partial charge in [0.25, 0.3) is 0 Å². The highest BCUT2D eigenvalue weighted by atomic mass is 16.5. The molecule has 0 radical (unpaired) electrons. The second-order valence-corrected chi connectivity index (χ2v) is 2.00.